The maximum Gasteiger partial charge on any atom is 0.387 e. The van der Waals surface area contributed by atoms with Gasteiger partial charge in [0, 0.05) is 5.69 Å². The van der Waals surface area contributed by atoms with Gasteiger partial charge in [0.1, 0.15) is 5.75 Å². The number of hydrogen-bond acceptors (Lipinski definition) is 6. The second-order valence-corrected chi connectivity index (χ2v) is 6.78. The van der Waals surface area contributed by atoms with Gasteiger partial charge in [0.15, 0.2) is 6.61 Å². The molecule has 9 heteroatoms. The minimum absolute atomic E-state index is 0.0293. The predicted molar refractivity (Wildman–Crippen MR) is 104 cm³/mol. The van der Waals surface area contributed by atoms with E-state index >= 15 is 0 Å². The number of rotatable bonds is 7. The molecule has 0 atom stereocenters. The number of amides is 1. The number of halogens is 2. The van der Waals surface area contributed by atoms with E-state index in [1.165, 1.54) is 24.3 Å². The van der Waals surface area contributed by atoms with Crippen LogP contribution in [0, 0.1) is 6.92 Å². The lowest BCUT2D eigenvalue weighted by Gasteiger charge is -2.09. The van der Waals surface area contributed by atoms with E-state index in [1.54, 1.807) is 30.4 Å². The van der Waals surface area contributed by atoms with E-state index in [-0.39, 0.29) is 11.3 Å². The summed E-state index contributed by atoms with van der Waals surface area (Å²) in [6, 6.07) is 12.6. The minimum atomic E-state index is -2.92. The number of benzene rings is 1. The smallest absolute Gasteiger partial charge is 0.387 e. The van der Waals surface area contributed by atoms with Crippen LogP contribution >= 0.6 is 11.3 Å². The summed E-state index contributed by atoms with van der Waals surface area (Å²) < 4.78 is 33.5. The zero-order chi connectivity index (χ0) is 20.8. The number of nitrogens with one attached hydrogen (secondary N) is 1. The Morgan fingerprint density at radius 3 is 2.52 bits per heavy atom. The Kier molecular flexibility index (Phi) is 6.50. The molecule has 2 heterocycles. The van der Waals surface area contributed by atoms with E-state index in [9.17, 15) is 18.4 Å². The molecule has 0 bridgehead atoms. The molecule has 0 fully saturated rings. The highest BCUT2D eigenvalue weighted by molar-refractivity contribution is 7.13. The molecule has 0 saturated carbocycles. The predicted octanol–water partition coefficient (Wildman–Crippen LogP) is 4.52. The van der Waals surface area contributed by atoms with Gasteiger partial charge in [-0.3, -0.25) is 9.78 Å². The lowest BCUT2D eigenvalue weighted by Crippen LogP contribution is -2.21. The fourth-order valence-electron chi connectivity index (χ4n) is 2.46. The molecule has 0 saturated heterocycles. The number of hydrogen-bond donors (Lipinski definition) is 1. The molecule has 2 aromatic heterocycles. The number of thiophene rings is 1. The van der Waals surface area contributed by atoms with Crippen molar-refractivity contribution < 1.29 is 27.8 Å². The van der Waals surface area contributed by atoms with Crippen molar-refractivity contribution in [2.75, 3.05) is 11.9 Å². The van der Waals surface area contributed by atoms with Gasteiger partial charge in [-0.2, -0.15) is 8.78 Å². The molecule has 29 heavy (non-hydrogen) atoms. The van der Waals surface area contributed by atoms with Gasteiger partial charge < -0.3 is 14.8 Å². The SMILES string of the molecule is Cc1nc(-c2cccs2)ccc1C(=O)OCC(=O)Nc1ccc(OC(F)F)cc1. The fourth-order valence-corrected chi connectivity index (χ4v) is 3.16. The van der Waals surface area contributed by atoms with Crippen LogP contribution in [0.1, 0.15) is 16.1 Å². The summed E-state index contributed by atoms with van der Waals surface area (Å²) >= 11 is 1.54. The lowest BCUT2D eigenvalue weighted by atomic mass is 10.2. The first-order valence-electron chi connectivity index (χ1n) is 8.46. The number of aryl methyl sites for hydroxylation is 1. The van der Waals surface area contributed by atoms with Crippen molar-refractivity contribution in [1.29, 1.82) is 0 Å². The monoisotopic (exact) mass is 418 g/mol. The number of anilines is 1. The van der Waals surface area contributed by atoms with Crippen LogP contribution in [0.15, 0.2) is 53.9 Å². The van der Waals surface area contributed by atoms with Crippen LogP contribution in [0.3, 0.4) is 0 Å². The Balaban J connectivity index is 1.54. The third-order valence-corrected chi connectivity index (χ3v) is 4.67. The Labute approximate surface area is 169 Å². The van der Waals surface area contributed by atoms with E-state index in [4.69, 9.17) is 4.74 Å². The second-order valence-electron chi connectivity index (χ2n) is 5.83. The standard InChI is InChI=1S/C20H16F2N2O4S/c1-12-15(8-9-16(23-12)17-3-2-10-29-17)19(26)27-11-18(25)24-13-4-6-14(7-5-13)28-20(21)22/h2-10,20H,11H2,1H3,(H,24,25). The quantitative estimate of drug-likeness (QED) is 0.571. The van der Waals surface area contributed by atoms with E-state index in [1.807, 2.05) is 17.5 Å². The molecule has 1 N–H and O–H groups in total. The summed E-state index contributed by atoms with van der Waals surface area (Å²) in [6.07, 6.45) is 0. The molecule has 150 valence electrons. The molecule has 0 unspecified atom stereocenters. The molecule has 3 rings (SSSR count). The Hall–Kier alpha value is -3.33. The average molecular weight is 418 g/mol. The van der Waals surface area contributed by atoms with Crippen LogP contribution in [0.25, 0.3) is 10.6 Å². The van der Waals surface area contributed by atoms with Crippen LogP contribution in [0.5, 0.6) is 5.75 Å². The maximum atomic E-state index is 12.2. The number of alkyl halides is 2. The Bertz CT molecular complexity index is 992. The first kappa shape index (κ1) is 20.4. The van der Waals surface area contributed by atoms with Gasteiger partial charge in [-0.05, 0) is 54.8 Å². The minimum Gasteiger partial charge on any atom is -0.452 e. The van der Waals surface area contributed by atoms with Crippen LogP contribution < -0.4 is 10.1 Å². The number of nitrogens with zero attached hydrogens (tertiary/aromatic N) is 1. The van der Waals surface area contributed by atoms with Crippen molar-refractivity contribution >= 4 is 28.9 Å². The first-order chi connectivity index (χ1) is 13.9. The molecule has 0 aliphatic rings. The zero-order valence-corrected chi connectivity index (χ0v) is 16.0. The highest BCUT2D eigenvalue weighted by Crippen LogP contribution is 2.24. The molecular weight excluding hydrogens is 402 g/mol. The molecule has 1 aromatic carbocycles. The average Bonchev–Trinajstić information content (AvgIpc) is 3.22. The van der Waals surface area contributed by atoms with Crippen molar-refractivity contribution in [1.82, 2.24) is 4.98 Å². The molecule has 0 aliphatic carbocycles. The van der Waals surface area contributed by atoms with Gasteiger partial charge in [-0.25, -0.2) is 4.79 Å². The lowest BCUT2D eigenvalue weighted by molar-refractivity contribution is -0.119. The number of carbonyl (C=O) groups excluding carboxylic acids is 2. The molecule has 0 aliphatic heterocycles. The van der Waals surface area contributed by atoms with Crippen molar-refractivity contribution in [3.8, 4) is 16.3 Å². The number of esters is 1. The summed E-state index contributed by atoms with van der Waals surface area (Å²) in [5, 5.41) is 4.44. The Morgan fingerprint density at radius 1 is 1.14 bits per heavy atom. The second kappa shape index (κ2) is 9.24. The van der Waals surface area contributed by atoms with Gasteiger partial charge in [0.05, 0.1) is 21.8 Å². The molecule has 6 nitrogen and oxygen atoms in total. The Morgan fingerprint density at radius 2 is 1.90 bits per heavy atom. The summed E-state index contributed by atoms with van der Waals surface area (Å²) in [6.45, 7) is -1.73. The van der Waals surface area contributed by atoms with Crippen LogP contribution in [-0.4, -0.2) is 30.1 Å². The highest BCUT2D eigenvalue weighted by Gasteiger charge is 2.15. The molecule has 0 radical (unpaired) electrons. The third kappa shape index (κ3) is 5.58. The van der Waals surface area contributed by atoms with Gasteiger partial charge in [0.2, 0.25) is 0 Å². The molecule has 0 spiro atoms. The van der Waals surface area contributed by atoms with Gasteiger partial charge in [-0.15, -0.1) is 11.3 Å². The number of carbonyl (C=O) groups is 2. The molecular formula is C20H16F2N2O4S. The summed E-state index contributed by atoms with van der Waals surface area (Å²) in [5.41, 5.74) is 1.87. The number of ether oxygens (including phenoxy) is 2. The zero-order valence-electron chi connectivity index (χ0n) is 15.2. The van der Waals surface area contributed by atoms with Crippen molar-refractivity contribution in [3.63, 3.8) is 0 Å². The van der Waals surface area contributed by atoms with Crippen molar-refractivity contribution in [2.24, 2.45) is 0 Å². The van der Waals surface area contributed by atoms with Gasteiger partial charge in [0.25, 0.3) is 5.91 Å². The number of aromatic nitrogens is 1. The highest BCUT2D eigenvalue weighted by atomic mass is 32.1. The van der Waals surface area contributed by atoms with E-state index in [2.05, 4.69) is 15.0 Å². The number of pyridine rings is 1. The topological polar surface area (TPSA) is 77.5 Å². The molecule has 1 amide bonds. The maximum absolute atomic E-state index is 12.2. The molecule has 3 aromatic rings. The largest absolute Gasteiger partial charge is 0.452 e. The van der Waals surface area contributed by atoms with Gasteiger partial charge in [-0.1, -0.05) is 6.07 Å². The summed E-state index contributed by atoms with van der Waals surface area (Å²) in [7, 11) is 0. The van der Waals surface area contributed by atoms with E-state index < -0.39 is 25.1 Å². The van der Waals surface area contributed by atoms with Crippen molar-refractivity contribution in [3.05, 3.63) is 65.2 Å². The summed E-state index contributed by atoms with van der Waals surface area (Å²) in [4.78, 5) is 29.6. The van der Waals surface area contributed by atoms with Gasteiger partial charge >= 0.3 is 12.6 Å². The van der Waals surface area contributed by atoms with Crippen molar-refractivity contribution in [2.45, 2.75) is 13.5 Å². The van der Waals surface area contributed by atoms with Crippen LogP contribution in [0.2, 0.25) is 0 Å². The van der Waals surface area contributed by atoms with E-state index in [0.29, 0.717) is 11.4 Å². The normalized spacial score (nSPS) is 10.6. The first-order valence-corrected chi connectivity index (χ1v) is 9.33. The van der Waals surface area contributed by atoms with Crippen LogP contribution in [-0.2, 0) is 9.53 Å². The van der Waals surface area contributed by atoms with Crippen LogP contribution in [0.4, 0.5) is 14.5 Å². The fraction of sp³-hybridized carbons (Fsp3) is 0.150. The van der Waals surface area contributed by atoms with E-state index in [0.717, 1.165) is 10.6 Å². The summed E-state index contributed by atoms with van der Waals surface area (Å²) in [5.74, 6) is -1.26. The third-order valence-electron chi connectivity index (χ3n) is 3.78.